The van der Waals surface area contributed by atoms with Crippen molar-refractivity contribution in [1.29, 1.82) is 0 Å². The van der Waals surface area contributed by atoms with Crippen molar-refractivity contribution in [2.45, 2.75) is 32.6 Å². The molecule has 0 aliphatic carbocycles. The van der Waals surface area contributed by atoms with Gasteiger partial charge in [-0.25, -0.2) is 4.39 Å². The standard InChI is InChI=1S/C13H19ClFN/c1-2-9-16-10-4-3-6-11-12(14)7-5-8-13(11)15/h5,7-8,16H,2-4,6,9-10H2,1H3. The average molecular weight is 244 g/mol. The van der Waals surface area contributed by atoms with E-state index in [9.17, 15) is 4.39 Å². The van der Waals surface area contributed by atoms with Gasteiger partial charge in [0.25, 0.3) is 0 Å². The Labute approximate surface area is 102 Å². The van der Waals surface area contributed by atoms with Crippen LogP contribution < -0.4 is 5.32 Å². The van der Waals surface area contributed by atoms with Crippen molar-refractivity contribution in [2.75, 3.05) is 13.1 Å². The Hall–Kier alpha value is -0.600. The van der Waals surface area contributed by atoms with Crippen molar-refractivity contribution in [1.82, 2.24) is 5.32 Å². The summed E-state index contributed by atoms with van der Waals surface area (Å²) in [5, 5.41) is 3.87. The summed E-state index contributed by atoms with van der Waals surface area (Å²) in [5.74, 6) is -0.186. The van der Waals surface area contributed by atoms with Crippen LogP contribution in [0.2, 0.25) is 5.02 Å². The Balaban J connectivity index is 2.26. The molecule has 0 amide bonds. The predicted molar refractivity (Wildman–Crippen MR) is 67.5 cm³/mol. The third-order valence-electron chi connectivity index (χ3n) is 2.52. The van der Waals surface area contributed by atoms with Gasteiger partial charge in [0.15, 0.2) is 0 Å². The Morgan fingerprint density at radius 1 is 1.25 bits per heavy atom. The summed E-state index contributed by atoms with van der Waals surface area (Å²) in [6, 6.07) is 4.86. The summed E-state index contributed by atoms with van der Waals surface area (Å²) in [7, 11) is 0. The van der Waals surface area contributed by atoms with Gasteiger partial charge in [0.2, 0.25) is 0 Å². The van der Waals surface area contributed by atoms with Crippen LogP contribution in [0, 0.1) is 5.82 Å². The first kappa shape index (κ1) is 13.5. The summed E-state index contributed by atoms with van der Waals surface area (Å²) in [5.41, 5.74) is 0.652. The number of nitrogens with one attached hydrogen (secondary N) is 1. The zero-order valence-corrected chi connectivity index (χ0v) is 10.5. The second kappa shape index (κ2) is 7.64. The van der Waals surface area contributed by atoms with E-state index in [-0.39, 0.29) is 5.82 Å². The third kappa shape index (κ3) is 4.50. The molecule has 0 radical (unpaired) electrons. The molecule has 0 spiro atoms. The highest BCUT2D eigenvalue weighted by molar-refractivity contribution is 6.31. The maximum absolute atomic E-state index is 13.4. The molecule has 90 valence electrons. The average Bonchev–Trinajstić information content (AvgIpc) is 2.26. The summed E-state index contributed by atoms with van der Waals surface area (Å²) >= 11 is 5.94. The van der Waals surface area contributed by atoms with Crippen molar-refractivity contribution < 1.29 is 4.39 Å². The lowest BCUT2D eigenvalue weighted by Gasteiger charge is -2.06. The van der Waals surface area contributed by atoms with Gasteiger partial charge in [0.05, 0.1) is 0 Å². The predicted octanol–water partition coefficient (Wildman–Crippen LogP) is 3.80. The smallest absolute Gasteiger partial charge is 0.127 e. The number of benzene rings is 1. The quantitative estimate of drug-likeness (QED) is 0.719. The van der Waals surface area contributed by atoms with Crippen LogP contribution in [0.25, 0.3) is 0 Å². The highest BCUT2D eigenvalue weighted by Gasteiger charge is 2.05. The molecule has 1 aromatic carbocycles. The Kier molecular flexibility index (Phi) is 6.43. The number of halogens is 2. The van der Waals surface area contributed by atoms with E-state index in [1.54, 1.807) is 12.1 Å². The normalized spacial score (nSPS) is 10.7. The first-order valence-corrected chi connectivity index (χ1v) is 6.27. The van der Waals surface area contributed by atoms with Crippen molar-refractivity contribution >= 4 is 11.6 Å². The van der Waals surface area contributed by atoms with Gasteiger partial charge in [-0.15, -0.1) is 0 Å². The minimum atomic E-state index is -0.186. The number of unbranched alkanes of at least 4 members (excludes halogenated alkanes) is 1. The summed E-state index contributed by atoms with van der Waals surface area (Å²) in [6.07, 6.45) is 3.90. The second-order valence-electron chi connectivity index (χ2n) is 3.91. The van der Waals surface area contributed by atoms with E-state index < -0.39 is 0 Å². The zero-order chi connectivity index (χ0) is 11.8. The van der Waals surface area contributed by atoms with Gasteiger partial charge >= 0.3 is 0 Å². The molecule has 0 bridgehead atoms. The third-order valence-corrected chi connectivity index (χ3v) is 2.87. The van der Waals surface area contributed by atoms with Gasteiger partial charge in [-0.1, -0.05) is 24.6 Å². The number of rotatable bonds is 7. The molecule has 0 saturated carbocycles. The Bertz CT molecular complexity index is 295. The fraction of sp³-hybridized carbons (Fsp3) is 0.538. The molecule has 0 heterocycles. The Morgan fingerprint density at radius 2 is 2.06 bits per heavy atom. The zero-order valence-electron chi connectivity index (χ0n) is 9.73. The molecule has 0 saturated heterocycles. The molecule has 1 aromatic rings. The van der Waals surface area contributed by atoms with Crippen LogP contribution in [0.1, 0.15) is 31.7 Å². The van der Waals surface area contributed by atoms with Gasteiger partial charge in [-0.3, -0.25) is 0 Å². The van der Waals surface area contributed by atoms with Gasteiger partial charge in [0, 0.05) is 10.6 Å². The van der Waals surface area contributed by atoms with Crippen LogP contribution >= 0.6 is 11.6 Å². The first-order chi connectivity index (χ1) is 7.75. The van der Waals surface area contributed by atoms with E-state index in [1.165, 1.54) is 6.07 Å². The van der Waals surface area contributed by atoms with Gasteiger partial charge in [0.1, 0.15) is 5.82 Å². The van der Waals surface area contributed by atoms with E-state index in [0.29, 0.717) is 10.6 Å². The first-order valence-electron chi connectivity index (χ1n) is 5.89. The molecule has 1 N–H and O–H groups in total. The van der Waals surface area contributed by atoms with E-state index in [4.69, 9.17) is 11.6 Å². The minimum absolute atomic E-state index is 0.186. The van der Waals surface area contributed by atoms with Crippen LogP contribution in [-0.4, -0.2) is 13.1 Å². The van der Waals surface area contributed by atoms with Gasteiger partial charge in [-0.2, -0.15) is 0 Å². The summed E-state index contributed by atoms with van der Waals surface area (Å²) in [4.78, 5) is 0. The van der Waals surface area contributed by atoms with Crippen LogP contribution in [0.5, 0.6) is 0 Å². The van der Waals surface area contributed by atoms with E-state index in [1.807, 2.05) is 0 Å². The lowest BCUT2D eigenvalue weighted by molar-refractivity contribution is 0.585. The van der Waals surface area contributed by atoms with Crippen LogP contribution in [0.3, 0.4) is 0 Å². The molecule has 1 rings (SSSR count). The Morgan fingerprint density at radius 3 is 2.75 bits per heavy atom. The molecule has 1 nitrogen and oxygen atoms in total. The highest BCUT2D eigenvalue weighted by atomic mass is 35.5. The van der Waals surface area contributed by atoms with E-state index in [0.717, 1.165) is 38.8 Å². The fourth-order valence-electron chi connectivity index (χ4n) is 1.62. The van der Waals surface area contributed by atoms with Crippen LogP contribution in [0.15, 0.2) is 18.2 Å². The van der Waals surface area contributed by atoms with Crippen molar-refractivity contribution in [3.05, 3.63) is 34.6 Å². The van der Waals surface area contributed by atoms with Crippen molar-refractivity contribution in [2.24, 2.45) is 0 Å². The summed E-state index contributed by atoms with van der Waals surface area (Å²) in [6.45, 7) is 4.20. The highest BCUT2D eigenvalue weighted by Crippen LogP contribution is 2.20. The molecular formula is C13H19ClFN. The maximum atomic E-state index is 13.4. The van der Waals surface area contributed by atoms with E-state index >= 15 is 0 Å². The molecule has 0 fully saturated rings. The molecule has 0 unspecified atom stereocenters. The minimum Gasteiger partial charge on any atom is -0.317 e. The second-order valence-corrected chi connectivity index (χ2v) is 4.31. The molecule has 0 aliphatic rings. The number of hydrogen-bond donors (Lipinski definition) is 1. The fourth-order valence-corrected chi connectivity index (χ4v) is 1.88. The molecule has 0 atom stereocenters. The van der Waals surface area contributed by atoms with Crippen molar-refractivity contribution in [3.8, 4) is 0 Å². The van der Waals surface area contributed by atoms with Gasteiger partial charge < -0.3 is 5.32 Å². The van der Waals surface area contributed by atoms with Crippen LogP contribution in [-0.2, 0) is 6.42 Å². The van der Waals surface area contributed by atoms with Gasteiger partial charge in [-0.05, 0) is 50.9 Å². The molecule has 0 aliphatic heterocycles. The lowest BCUT2D eigenvalue weighted by Crippen LogP contribution is -2.15. The van der Waals surface area contributed by atoms with Crippen LogP contribution in [0.4, 0.5) is 4.39 Å². The number of hydrogen-bond acceptors (Lipinski definition) is 1. The SMILES string of the molecule is CCCNCCCCc1c(F)cccc1Cl. The lowest BCUT2D eigenvalue weighted by atomic mass is 10.1. The molecule has 16 heavy (non-hydrogen) atoms. The topological polar surface area (TPSA) is 12.0 Å². The molecular weight excluding hydrogens is 225 g/mol. The largest absolute Gasteiger partial charge is 0.317 e. The van der Waals surface area contributed by atoms with E-state index in [2.05, 4.69) is 12.2 Å². The summed E-state index contributed by atoms with van der Waals surface area (Å²) < 4.78 is 13.4. The molecule has 0 aromatic heterocycles. The van der Waals surface area contributed by atoms with Crippen molar-refractivity contribution in [3.63, 3.8) is 0 Å². The maximum Gasteiger partial charge on any atom is 0.127 e. The molecule has 3 heteroatoms. The monoisotopic (exact) mass is 243 g/mol.